The molecule has 1 atom stereocenters. The number of amides is 1. The van der Waals surface area contributed by atoms with Crippen molar-refractivity contribution in [1.29, 1.82) is 0 Å². The maximum absolute atomic E-state index is 11.9. The van der Waals surface area contributed by atoms with Crippen molar-refractivity contribution < 1.29 is 4.79 Å². The van der Waals surface area contributed by atoms with Gasteiger partial charge in [0.25, 0.3) is 0 Å². The molecule has 0 radical (unpaired) electrons. The SMILES string of the molecule is CCN(CC)CCCC(C)NC(=NCC(=O)N(C)C)NCCc1cccs1. The molecule has 0 aliphatic heterocycles. The lowest BCUT2D eigenvalue weighted by molar-refractivity contribution is -0.127. The summed E-state index contributed by atoms with van der Waals surface area (Å²) in [6.45, 7) is 10.9. The van der Waals surface area contributed by atoms with Crippen LogP contribution in [0.2, 0.25) is 0 Å². The first kappa shape index (κ1) is 23.4. The summed E-state index contributed by atoms with van der Waals surface area (Å²) in [4.78, 5) is 21.7. The zero-order valence-electron chi connectivity index (χ0n) is 17.6. The van der Waals surface area contributed by atoms with Crippen molar-refractivity contribution in [3.05, 3.63) is 22.4 Å². The molecule has 1 aromatic rings. The monoisotopic (exact) mass is 395 g/mol. The van der Waals surface area contributed by atoms with Crippen LogP contribution in [-0.4, -0.2) is 74.5 Å². The summed E-state index contributed by atoms with van der Waals surface area (Å²) in [5, 5.41) is 8.92. The van der Waals surface area contributed by atoms with Crippen LogP contribution >= 0.6 is 11.3 Å². The van der Waals surface area contributed by atoms with Gasteiger partial charge in [-0.3, -0.25) is 4.79 Å². The second kappa shape index (κ2) is 13.6. The van der Waals surface area contributed by atoms with Crippen LogP contribution < -0.4 is 10.6 Å². The third-order valence-corrected chi connectivity index (χ3v) is 5.44. The maximum atomic E-state index is 11.9. The van der Waals surface area contributed by atoms with E-state index in [-0.39, 0.29) is 12.5 Å². The first-order valence-corrected chi connectivity index (χ1v) is 10.8. The molecule has 0 aromatic carbocycles. The molecule has 0 aliphatic rings. The minimum absolute atomic E-state index is 0.00328. The van der Waals surface area contributed by atoms with Crippen LogP contribution in [0, 0.1) is 0 Å². The number of hydrogen-bond acceptors (Lipinski definition) is 4. The fourth-order valence-corrected chi connectivity index (χ4v) is 3.38. The van der Waals surface area contributed by atoms with Crippen LogP contribution in [0.3, 0.4) is 0 Å². The van der Waals surface area contributed by atoms with E-state index >= 15 is 0 Å². The molecule has 1 aromatic heterocycles. The van der Waals surface area contributed by atoms with Crippen molar-refractivity contribution in [1.82, 2.24) is 20.4 Å². The predicted molar refractivity (Wildman–Crippen MR) is 117 cm³/mol. The van der Waals surface area contributed by atoms with Gasteiger partial charge in [0, 0.05) is 31.6 Å². The number of guanidine groups is 1. The molecular weight excluding hydrogens is 358 g/mol. The van der Waals surface area contributed by atoms with Gasteiger partial charge in [0.1, 0.15) is 6.54 Å². The molecule has 0 spiro atoms. The summed E-state index contributed by atoms with van der Waals surface area (Å²) in [6.07, 6.45) is 3.18. The lowest BCUT2D eigenvalue weighted by atomic mass is 10.2. The molecule has 27 heavy (non-hydrogen) atoms. The topological polar surface area (TPSA) is 60.0 Å². The van der Waals surface area contributed by atoms with Gasteiger partial charge in [-0.25, -0.2) is 4.99 Å². The highest BCUT2D eigenvalue weighted by Gasteiger charge is 2.09. The molecule has 0 fully saturated rings. The number of nitrogens with one attached hydrogen (secondary N) is 2. The largest absolute Gasteiger partial charge is 0.356 e. The van der Waals surface area contributed by atoms with E-state index in [1.807, 2.05) is 0 Å². The van der Waals surface area contributed by atoms with Crippen molar-refractivity contribution in [2.75, 3.05) is 46.8 Å². The molecule has 1 amide bonds. The van der Waals surface area contributed by atoms with E-state index in [1.54, 1.807) is 30.3 Å². The highest BCUT2D eigenvalue weighted by Crippen LogP contribution is 2.08. The summed E-state index contributed by atoms with van der Waals surface area (Å²) < 4.78 is 0. The number of likely N-dealkylation sites (N-methyl/N-ethyl adjacent to an activating group) is 1. The van der Waals surface area contributed by atoms with Crippen LogP contribution in [-0.2, 0) is 11.2 Å². The number of aliphatic imine (C=N–C) groups is 1. The zero-order chi connectivity index (χ0) is 20.1. The van der Waals surface area contributed by atoms with Crippen LogP contribution in [0.25, 0.3) is 0 Å². The first-order chi connectivity index (χ1) is 13.0. The average Bonchev–Trinajstić information content (AvgIpc) is 3.16. The second-order valence-corrected chi connectivity index (χ2v) is 7.96. The Morgan fingerprint density at radius 3 is 2.63 bits per heavy atom. The highest BCUT2D eigenvalue weighted by atomic mass is 32.1. The van der Waals surface area contributed by atoms with Gasteiger partial charge in [0.15, 0.2) is 5.96 Å². The summed E-state index contributed by atoms with van der Waals surface area (Å²) in [6, 6.07) is 4.52. The standard InChI is InChI=1S/C20H37N5OS/c1-6-25(7-2)14-8-10-17(3)23-20(22-16-19(26)24(4)5)21-13-12-18-11-9-15-27-18/h9,11,15,17H,6-8,10,12-14,16H2,1-5H3,(H2,21,22,23). The van der Waals surface area contributed by atoms with Gasteiger partial charge in [-0.1, -0.05) is 19.9 Å². The number of rotatable bonds is 12. The van der Waals surface area contributed by atoms with Gasteiger partial charge in [-0.2, -0.15) is 0 Å². The third kappa shape index (κ3) is 10.3. The van der Waals surface area contributed by atoms with Gasteiger partial charge in [-0.15, -0.1) is 11.3 Å². The van der Waals surface area contributed by atoms with Crippen LogP contribution in [0.15, 0.2) is 22.5 Å². The predicted octanol–water partition coefficient (Wildman–Crippen LogP) is 2.42. The van der Waals surface area contributed by atoms with E-state index in [0.717, 1.165) is 51.4 Å². The molecule has 0 saturated carbocycles. The Kier molecular flexibility index (Phi) is 11.8. The smallest absolute Gasteiger partial charge is 0.243 e. The minimum Gasteiger partial charge on any atom is -0.356 e. The van der Waals surface area contributed by atoms with E-state index < -0.39 is 0 Å². The summed E-state index contributed by atoms with van der Waals surface area (Å²) >= 11 is 1.76. The molecule has 6 nitrogen and oxygen atoms in total. The van der Waals surface area contributed by atoms with E-state index in [1.165, 1.54) is 4.88 Å². The molecule has 2 N–H and O–H groups in total. The summed E-state index contributed by atoms with van der Waals surface area (Å²) in [7, 11) is 3.51. The second-order valence-electron chi connectivity index (χ2n) is 6.92. The van der Waals surface area contributed by atoms with Crippen LogP contribution in [0.1, 0.15) is 38.5 Å². The maximum Gasteiger partial charge on any atom is 0.243 e. The van der Waals surface area contributed by atoms with Crippen LogP contribution in [0.4, 0.5) is 0 Å². The Morgan fingerprint density at radius 1 is 1.30 bits per heavy atom. The molecule has 0 bridgehead atoms. The fourth-order valence-electron chi connectivity index (χ4n) is 2.67. The summed E-state index contributed by atoms with van der Waals surface area (Å²) in [5.41, 5.74) is 0. The minimum atomic E-state index is 0.00328. The lowest BCUT2D eigenvalue weighted by Crippen LogP contribution is -2.44. The number of hydrogen-bond donors (Lipinski definition) is 2. The van der Waals surface area contributed by atoms with Gasteiger partial charge < -0.3 is 20.4 Å². The van der Waals surface area contributed by atoms with Crippen molar-refractivity contribution in [2.24, 2.45) is 4.99 Å². The van der Waals surface area contributed by atoms with Crippen molar-refractivity contribution >= 4 is 23.2 Å². The fraction of sp³-hybridized carbons (Fsp3) is 0.700. The summed E-state index contributed by atoms with van der Waals surface area (Å²) in [5.74, 6) is 0.723. The molecular formula is C20H37N5OS. The lowest BCUT2D eigenvalue weighted by Gasteiger charge is -2.21. The van der Waals surface area contributed by atoms with Crippen molar-refractivity contribution in [3.8, 4) is 0 Å². The quantitative estimate of drug-likeness (QED) is 0.421. The Hall–Kier alpha value is -1.60. The van der Waals surface area contributed by atoms with Crippen molar-refractivity contribution in [3.63, 3.8) is 0 Å². The van der Waals surface area contributed by atoms with Gasteiger partial charge in [0.2, 0.25) is 5.91 Å². The molecule has 1 rings (SSSR count). The molecule has 1 unspecified atom stereocenters. The number of nitrogens with zero attached hydrogens (tertiary/aromatic N) is 3. The zero-order valence-corrected chi connectivity index (χ0v) is 18.4. The highest BCUT2D eigenvalue weighted by molar-refractivity contribution is 7.09. The Labute approximate surface area is 169 Å². The normalized spacial score (nSPS) is 12.9. The first-order valence-electron chi connectivity index (χ1n) is 9.95. The molecule has 7 heteroatoms. The Bertz CT molecular complexity index is 541. The van der Waals surface area contributed by atoms with E-state index in [4.69, 9.17) is 0 Å². The average molecular weight is 396 g/mol. The molecule has 0 saturated heterocycles. The van der Waals surface area contributed by atoms with Gasteiger partial charge in [-0.05, 0) is 57.3 Å². The Balaban J connectivity index is 2.50. The van der Waals surface area contributed by atoms with Gasteiger partial charge >= 0.3 is 0 Å². The van der Waals surface area contributed by atoms with E-state index in [9.17, 15) is 4.79 Å². The van der Waals surface area contributed by atoms with Crippen LogP contribution in [0.5, 0.6) is 0 Å². The molecule has 0 aliphatic carbocycles. The molecule has 1 heterocycles. The number of carbonyl (C=O) groups excluding carboxylic acids is 1. The Morgan fingerprint density at radius 2 is 2.04 bits per heavy atom. The molecule has 154 valence electrons. The number of carbonyl (C=O) groups is 1. The van der Waals surface area contributed by atoms with Gasteiger partial charge in [0.05, 0.1) is 0 Å². The third-order valence-electron chi connectivity index (χ3n) is 4.50. The van der Waals surface area contributed by atoms with Crippen molar-refractivity contribution in [2.45, 2.75) is 46.1 Å². The van der Waals surface area contributed by atoms with E-state index in [0.29, 0.717) is 6.04 Å². The van der Waals surface area contributed by atoms with E-state index in [2.05, 4.69) is 58.8 Å². The number of thiophene rings is 1.